The number of hydrogen-bond acceptors (Lipinski definition) is 3. The van der Waals surface area contributed by atoms with Gasteiger partial charge in [-0.15, -0.1) is 0 Å². The Balaban J connectivity index is 2.68. The Morgan fingerprint density at radius 3 is 2.75 bits per heavy atom. The van der Waals surface area contributed by atoms with Crippen molar-refractivity contribution in [2.24, 2.45) is 0 Å². The Bertz CT molecular complexity index is 352. The maximum absolute atomic E-state index is 11.4. The van der Waals surface area contributed by atoms with Crippen molar-refractivity contribution in [1.82, 2.24) is 0 Å². The first-order valence-electron chi connectivity index (χ1n) is 5.16. The van der Waals surface area contributed by atoms with E-state index < -0.39 is 6.10 Å². The van der Waals surface area contributed by atoms with Gasteiger partial charge in [0.25, 0.3) is 0 Å². The van der Waals surface area contributed by atoms with E-state index in [1.807, 2.05) is 24.3 Å². The predicted octanol–water partition coefficient (Wildman–Crippen LogP) is 2.91. The Hall–Kier alpha value is -1.03. The number of esters is 1. The molecule has 1 rings (SSSR count). The van der Waals surface area contributed by atoms with Crippen molar-refractivity contribution in [3.63, 3.8) is 0 Å². The molecule has 1 aromatic carbocycles. The Kier molecular flexibility index (Phi) is 5.32. The molecule has 1 atom stereocenters. The molecule has 0 heterocycles. The zero-order chi connectivity index (χ0) is 12.0. The molecule has 3 nitrogen and oxygen atoms in total. The Morgan fingerprint density at radius 1 is 1.44 bits per heavy atom. The second-order valence-electron chi connectivity index (χ2n) is 3.25. The topological polar surface area (TPSA) is 35.5 Å². The third-order valence-corrected chi connectivity index (χ3v) is 2.64. The van der Waals surface area contributed by atoms with E-state index in [1.165, 1.54) is 0 Å². The van der Waals surface area contributed by atoms with E-state index in [4.69, 9.17) is 9.47 Å². The molecule has 1 aromatic rings. The fraction of sp³-hybridized carbons (Fsp3) is 0.417. The molecule has 0 saturated heterocycles. The minimum Gasteiger partial charge on any atom is -0.479 e. The van der Waals surface area contributed by atoms with Crippen molar-refractivity contribution in [3.8, 4) is 5.75 Å². The molecule has 4 heteroatoms. The summed E-state index contributed by atoms with van der Waals surface area (Å²) < 4.78 is 10.4. The van der Waals surface area contributed by atoms with E-state index >= 15 is 0 Å². The summed E-state index contributed by atoms with van der Waals surface area (Å²) >= 11 is 3.37. The van der Waals surface area contributed by atoms with Crippen LogP contribution in [0, 0.1) is 0 Å². The van der Waals surface area contributed by atoms with Gasteiger partial charge >= 0.3 is 5.97 Å². The van der Waals surface area contributed by atoms with Gasteiger partial charge in [-0.2, -0.15) is 0 Å². The lowest BCUT2D eigenvalue weighted by atomic mass is 10.2. The Labute approximate surface area is 104 Å². The van der Waals surface area contributed by atoms with Crippen LogP contribution in [0.5, 0.6) is 5.75 Å². The van der Waals surface area contributed by atoms with Gasteiger partial charge in [0.05, 0.1) is 6.61 Å². The van der Waals surface area contributed by atoms with Gasteiger partial charge in [0.2, 0.25) is 0 Å². The third-order valence-electron chi connectivity index (χ3n) is 2.04. The summed E-state index contributed by atoms with van der Waals surface area (Å²) in [7, 11) is 0. The molecule has 0 aliphatic heterocycles. The normalized spacial score (nSPS) is 11.9. The van der Waals surface area contributed by atoms with Crippen molar-refractivity contribution >= 4 is 21.9 Å². The number of rotatable bonds is 5. The van der Waals surface area contributed by atoms with E-state index in [2.05, 4.69) is 15.9 Å². The van der Waals surface area contributed by atoms with E-state index in [9.17, 15) is 4.79 Å². The first kappa shape index (κ1) is 13.0. The van der Waals surface area contributed by atoms with Crippen LogP contribution in [0.2, 0.25) is 0 Å². The summed E-state index contributed by atoms with van der Waals surface area (Å²) in [6.07, 6.45) is -0.583. The van der Waals surface area contributed by atoms with E-state index in [0.29, 0.717) is 17.7 Å². The van der Waals surface area contributed by atoms with Gasteiger partial charge in [-0.05, 0) is 19.9 Å². The van der Waals surface area contributed by atoms with Crippen LogP contribution < -0.4 is 4.74 Å². The maximum atomic E-state index is 11.4. The minimum atomic E-state index is -0.583. The highest BCUT2D eigenvalue weighted by atomic mass is 79.9. The molecule has 0 fully saturated rings. The molecule has 16 heavy (non-hydrogen) atoms. The highest BCUT2D eigenvalue weighted by molar-refractivity contribution is 9.08. The first-order valence-corrected chi connectivity index (χ1v) is 6.28. The summed E-state index contributed by atoms with van der Waals surface area (Å²) in [5.74, 6) is 0.367. The van der Waals surface area contributed by atoms with Crippen LogP contribution in [0.15, 0.2) is 24.3 Å². The number of alkyl halides is 1. The Morgan fingerprint density at radius 2 is 2.12 bits per heavy atom. The van der Waals surface area contributed by atoms with Gasteiger partial charge < -0.3 is 9.47 Å². The van der Waals surface area contributed by atoms with Gasteiger partial charge in [-0.1, -0.05) is 34.1 Å². The van der Waals surface area contributed by atoms with Crippen LogP contribution in [-0.4, -0.2) is 18.7 Å². The van der Waals surface area contributed by atoms with Crippen LogP contribution in [0.25, 0.3) is 0 Å². The lowest BCUT2D eigenvalue weighted by Crippen LogP contribution is -2.26. The lowest BCUT2D eigenvalue weighted by Gasteiger charge is -2.15. The van der Waals surface area contributed by atoms with E-state index in [1.54, 1.807) is 13.8 Å². The SMILES string of the molecule is CCOC(=O)[C@@H](C)Oc1ccccc1CBr. The number of halogens is 1. The van der Waals surface area contributed by atoms with Gasteiger partial charge in [0, 0.05) is 10.9 Å². The molecule has 0 spiro atoms. The number of carbonyl (C=O) groups excluding carboxylic acids is 1. The van der Waals surface area contributed by atoms with Crippen LogP contribution in [-0.2, 0) is 14.9 Å². The van der Waals surface area contributed by atoms with Crippen molar-refractivity contribution in [3.05, 3.63) is 29.8 Å². The van der Waals surface area contributed by atoms with Crippen molar-refractivity contribution < 1.29 is 14.3 Å². The molecule has 88 valence electrons. The van der Waals surface area contributed by atoms with Gasteiger partial charge in [-0.3, -0.25) is 0 Å². The summed E-state index contributed by atoms with van der Waals surface area (Å²) in [4.78, 5) is 11.4. The quantitative estimate of drug-likeness (QED) is 0.617. The summed E-state index contributed by atoms with van der Waals surface area (Å²) in [5, 5.41) is 0.693. The third kappa shape index (κ3) is 3.52. The molecule has 0 aliphatic carbocycles. The summed E-state index contributed by atoms with van der Waals surface area (Å²) in [6, 6.07) is 7.59. The van der Waals surface area contributed by atoms with Crippen LogP contribution >= 0.6 is 15.9 Å². The standard InChI is InChI=1S/C12H15BrO3/c1-3-15-12(14)9(2)16-11-7-5-4-6-10(11)8-13/h4-7,9H,3,8H2,1-2H3/t9-/m1/s1. The van der Waals surface area contributed by atoms with Gasteiger partial charge in [-0.25, -0.2) is 4.79 Å². The maximum Gasteiger partial charge on any atom is 0.347 e. The fourth-order valence-corrected chi connectivity index (χ4v) is 1.69. The van der Waals surface area contributed by atoms with Crippen LogP contribution in [0.3, 0.4) is 0 Å². The summed E-state index contributed by atoms with van der Waals surface area (Å²) in [5.41, 5.74) is 1.01. The molecule has 0 aliphatic rings. The molecular formula is C12H15BrO3. The van der Waals surface area contributed by atoms with Crippen molar-refractivity contribution in [2.45, 2.75) is 25.3 Å². The highest BCUT2D eigenvalue weighted by Gasteiger charge is 2.16. The lowest BCUT2D eigenvalue weighted by molar-refractivity contribution is -0.150. The number of carbonyl (C=O) groups is 1. The van der Waals surface area contributed by atoms with Crippen molar-refractivity contribution in [1.29, 1.82) is 0 Å². The molecule has 0 aromatic heterocycles. The molecular weight excluding hydrogens is 272 g/mol. The smallest absolute Gasteiger partial charge is 0.347 e. The van der Waals surface area contributed by atoms with Crippen LogP contribution in [0.1, 0.15) is 19.4 Å². The second-order valence-corrected chi connectivity index (χ2v) is 3.81. The molecule has 0 saturated carbocycles. The van der Waals surface area contributed by atoms with E-state index in [-0.39, 0.29) is 5.97 Å². The second kappa shape index (κ2) is 6.53. The predicted molar refractivity (Wildman–Crippen MR) is 65.8 cm³/mol. The van der Waals surface area contributed by atoms with Crippen molar-refractivity contribution in [2.75, 3.05) is 6.61 Å². The average molecular weight is 287 g/mol. The van der Waals surface area contributed by atoms with Gasteiger partial charge in [0.15, 0.2) is 6.10 Å². The first-order chi connectivity index (χ1) is 7.69. The number of hydrogen-bond donors (Lipinski definition) is 0. The number of ether oxygens (including phenoxy) is 2. The highest BCUT2D eigenvalue weighted by Crippen LogP contribution is 2.21. The zero-order valence-corrected chi connectivity index (χ0v) is 11.0. The monoisotopic (exact) mass is 286 g/mol. The molecule has 0 unspecified atom stereocenters. The molecule has 0 radical (unpaired) electrons. The van der Waals surface area contributed by atoms with Crippen LogP contribution in [0.4, 0.5) is 0 Å². The van der Waals surface area contributed by atoms with E-state index in [0.717, 1.165) is 5.56 Å². The molecule has 0 N–H and O–H groups in total. The fourth-order valence-electron chi connectivity index (χ4n) is 1.23. The zero-order valence-electron chi connectivity index (χ0n) is 9.40. The molecule has 0 amide bonds. The largest absolute Gasteiger partial charge is 0.479 e. The average Bonchev–Trinajstić information content (AvgIpc) is 2.30. The minimum absolute atomic E-state index is 0.341. The number of benzene rings is 1. The number of para-hydroxylation sites is 1. The molecule has 0 bridgehead atoms. The van der Waals surface area contributed by atoms with Gasteiger partial charge in [0.1, 0.15) is 5.75 Å². The summed E-state index contributed by atoms with van der Waals surface area (Å²) in [6.45, 7) is 3.83.